The molecule has 4 heteroatoms. The number of allylic oxidation sites excluding steroid dienone is 2. The minimum atomic E-state index is -0.696. The topological polar surface area (TPSA) is 52.6 Å². The highest BCUT2D eigenvalue weighted by Crippen LogP contribution is 2.33. The van der Waals surface area contributed by atoms with Crippen LogP contribution in [-0.2, 0) is 22.3 Å². The molecule has 4 nitrogen and oxygen atoms in total. The van der Waals surface area contributed by atoms with E-state index in [1.165, 1.54) is 0 Å². The van der Waals surface area contributed by atoms with Gasteiger partial charge in [0, 0.05) is 0 Å². The van der Waals surface area contributed by atoms with Gasteiger partial charge < -0.3 is 9.47 Å². The minimum Gasteiger partial charge on any atom is -0.432 e. The first-order valence-corrected chi connectivity index (χ1v) is 8.68. The zero-order valence-corrected chi connectivity index (χ0v) is 15.6. The molecule has 0 radical (unpaired) electrons. The molecule has 2 aromatic carbocycles. The van der Waals surface area contributed by atoms with Crippen LogP contribution in [0.3, 0.4) is 0 Å². The number of ether oxygens (including phenoxy) is 2. The third kappa shape index (κ3) is 4.35. The van der Waals surface area contributed by atoms with Crippen molar-refractivity contribution in [2.75, 3.05) is 0 Å². The third-order valence-electron chi connectivity index (χ3n) is 4.14. The Morgan fingerprint density at radius 1 is 0.821 bits per heavy atom. The Labute approximate surface area is 165 Å². The maximum absolute atomic E-state index is 12.7. The summed E-state index contributed by atoms with van der Waals surface area (Å²) in [6.45, 7) is 14.5. The largest absolute Gasteiger partial charge is 0.432 e. The lowest BCUT2D eigenvalue weighted by atomic mass is 9.85. The number of benzene rings is 2. The Bertz CT molecular complexity index is 923. The second kappa shape index (κ2) is 9.88. The molecule has 2 rings (SSSR count). The van der Waals surface area contributed by atoms with Gasteiger partial charge in [-0.15, -0.1) is 13.2 Å². The number of rotatable bonds is 9. The molecule has 28 heavy (non-hydrogen) atoms. The molecule has 0 amide bonds. The van der Waals surface area contributed by atoms with Crippen molar-refractivity contribution in [1.29, 1.82) is 0 Å². The van der Waals surface area contributed by atoms with Crippen LogP contribution in [0.4, 0.5) is 0 Å². The van der Waals surface area contributed by atoms with E-state index in [4.69, 9.17) is 9.47 Å². The SMILES string of the molecule is C=CCc1c(-c2ccccc2)cc(C(=O)OC=C)c(C(=O)OC=C)c1CC=C. The zero-order valence-electron chi connectivity index (χ0n) is 15.6. The molecular weight excluding hydrogens is 352 g/mol. The van der Waals surface area contributed by atoms with Crippen LogP contribution >= 0.6 is 0 Å². The minimum absolute atomic E-state index is 0.0928. The van der Waals surface area contributed by atoms with Crippen molar-refractivity contribution >= 4 is 11.9 Å². The van der Waals surface area contributed by atoms with Crippen molar-refractivity contribution in [3.63, 3.8) is 0 Å². The van der Waals surface area contributed by atoms with Crippen LogP contribution < -0.4 is 0 Å². The highest BCUT2D eigenvalue weighted by atomic mass is 16.5. The highest BCUT2D eigenvalue weighted by molar-refractivity contribution is 6.06. The van der Waals surface area contributed by atoms with Gasteiger partial charge in [0.2, 0.25) is 0 Å². The summed E-state index contributed by atoms with van der Waals surface area (Å²) in [4.78, 5) is 25.3. The normalized spacial score (nSPS) is 9.86. The Morgan fingerprint density at radius 2 is 1.39 bits per heavy atom. The van der Waals surface area contributed by atoms with Gasteiger partial charge in [-0.2, -0.15) is 0 Å². The lowest BCUT2D eigenvalue weighted by Gasteiger charge is -2.19. The summed E-state index contributed by atoms with van der Waals surface area (Å²) in [6.07, 6.45) is 6.33. The van der Waals surface area contributed by atoms with Crippen molar-refractivity contribution in [3.8, 4) is 11.1 Å². The summed E-state index contributed by atoms with van der Waals surface area (Å²) in [6, 6.07) is 11.2. The van der Waals surface area contributed by atoms with Crippen LogP contribution in [0.2, 0.25) is 0 Å². The highest BCUT2D eigenvalue weighted by Gasteiger charge is 2.27. The van der Waals surface area contributed by atoms with Gasteiger partial charge in [0.1, 0.15) is 0 Å². The molecule has 0 heterocycles. The van der Waals surface area contributed by atoms with Gasteiger partial charge in [-0.05, 0) is 41.2 Å². The molecule has 0 unspecified atom stereocenters. The van der Waals surface area contributed by atoms with E-state index in [0.717, 1.165) is 29.2 Å². The fourth-order valence-electron chi connectivity index (χ4n) is 3.07. The van der Waals surface area contributed by atoms with Crippen molar-refractivity contribution in [2.45, 2.75) is 12.8 Å². The fraction of sp³-hybridized carbons (Fsp3) is 0.0833. The summed E-state index contributed by atoms with van der Waals surface area (Å²) < 4.78 is 9.96. The van der Waals surface area contributed by atoms with Gasteiger partial charge in [-0.3, -0.25) is 0 Å². The summed E-state index contributed by atoms with van der Waals surface area (Å²) in [5.41, 5.74) is 3.44. The predicted octanol–water partition coefficient (Wildman–Crippen LogP) is 5.41. The predicted molar refractivity (Wildman–Crippen MR) is 111 cm³/mol. The van der Waals surface area contributed by atoms with Gasteiger partial charge in [0.25, 0.3) is 0 Å². The van der Waals surface area contributed by atoms with E-state index in [9.17, 15) is 9.59 Å². The Hall–Kier alpha value is -3.66. The van der Waals surface area contributed by atoms with E-state index in [2.05, 4.69) is 26.3 Å². The monoisotopic (exact) mass is 374 g/mol. The Morgan fingerprint density at radius 3 is 1.96 bits per heavy atom. The lowest BCUT2D eigenvalue weighted by molar-refractivity contribution is 0.0618. The molecule has 0 bridgehead atoms. The molecule has 0 spiro atoms. The summed E-state index contributed by atoms with van der Waals surface area (Å²) in [7, 11) is 0. The second-order valence-electron chi connectivity index (χ2n) is 5.80. The van der Waals surface area contributed by atoms with Crippen molar-refractivity contribution < 1.29 is 19.1 Å². The maximum atomic E-state index is 12.7. The fourth-order valence-corrected chi connectivity index (χ4v) is 3.07. The Balaban J connectivity index is 2.94. The van der Waals surface area contributed by atoms with Crippen molar-refractivity contribution in [3.05, 3.63) is 110 Å². The molecule has 2 aromatic rings. The van der Waals surface area contributed by atoms with E-state index in [0.29, 0.717) is 18.4 Å². The lowest BCUT2D eigenvalue weighted by Crippen LogP contribution is -2.17. The van der Waals surface area contributed by atoms with Crippen LogP contribution in [0, 0.1) is 0 Å². The molecule has 0 fully saturated rings. The number of hydrogen-bond donors (Lipinski definition) is 0. The van der Waals surface area contributed by atoms with E-state index in [1.54, 1.807) is 18.2 Å². The molecule has 0 aliphatic carbocycles. The standard InChI is InChI=1S/C24H22O4/c1-5-12-18-19(13-6-2)22(24(26)28-8-4)21(23(25)27-7-3)16-20(18)17-14-10-9-11-15-17/h5-11,14-16H,1-4,12-13H2. The molecule has 0 atom stereocenters. The van der Waals surface area contributed by atoms with Crippen LogP contribution in [0.15, 0.2) is 87.4 Å². The first-order valence-electron chi connectivity index (χ1n) is 8.68. The van der Waals surface area contributed by atoms with Gasteiger partial charge in [-0.25, -0.2) is 9.59 Å². The molecule has 0 aliphatic heterocycles. The number of hydrogen-bond acceptors (Lipinski definition) is 4. The summed E-state index contributed by atoms with van der Waals surface area (Å²) in [5.74, 6) is -1.38. The second-order valence-corrected chi connectivity index (χ2v) is 5.80. The first-order chi connectivity index (χ1) is 13.6. The van der Waals surface area contributed by atoms with Gasteiger partial charge >= 0.3 is 11.9 Å². The van der Waals surface area contributed by atoms with Crippen LogP contribution in [0.5, 0.6) is 0 Å². The molecule has 0 saturated heterocycles. The van der Waals surface area contributed by atoms with E-state index < -0.39 is 11.9 Å². The molecule has 0 saturated carbocycles. The van der Waals surface area contributed by atoms with Gasteiger partial charge in [-0.1, -0.05) is 55.6 Å². The number of carbonyl (C=O) groups excluding carboxylic acids is 2. The third-order valence-corrected chi connectivity index (χ3v) is 4.14. The zero-order chi connectivity index (χ0) is 20.5. The average molecular weight is 374 g/mol. The molecular formula is C24H22O4. The number of carbonyl (C=O) groups is 2. The molecule has 0 aliphatic rings. The van der Waals surface area contributed by atoms with Gasteiger partial charge in [0.05, 0.1) is 23.7 Å². The summed E-state index contributed by atoms with van der Waals surface area (Å²) >= 11 is 0. The smallest absolute Gasteiger partial charge is 0.344 e. The van der Waals surface area contributed by atoms with Gasteiger partial charge in [0.15, 0.2) is 0 Å². The molecule has 0 aromatic heterocycles. The first kappa shape index (κ1) is 20.6. The van der Waals surface area contributed by atoms with Crippen molar-refractivity contribution in [2.24, 2.45) is 0 Å². The molecule has 0 N–H and O–H groups in total. The van der Waals surface area contributed by atoms with E-state index in [1.807, 2.05) is 30.3 Å². The average Bonchev–Trinajstić information content (AvgIpc) is 2.70. The van der Waals surface area contributed by atoms with Crippen LogP contribution in [0.1, 0.15) is 31.8 Å². The molecule has 142 valence electrons. The van der Waals surface area contributed by atoms with Crippen molar-refractivity contribution in [1.82, 2.24) is 0 Å². The van der Waals surface area contributed by atoms with Crippen LogP contribution in [0.25, 0.3) is 11.1 Å². The quantitative estimate of drug-likeness (QED) is 0.334. The Kier molecular flexibility index (Phi) is 7.28. The summed E-state index contributed by atoms with van der Waals surface area (Å²) in [5, 5.41) is 0. The van der Waals surface area contributed by atoms with E-state index >= 15 is 0 Å². The number of esters is 2. The van der Waals surface area contributed by atoms with E-state index in [-0.39, 0.29) is 11.1 Å². The maximum Gasteiger partial charge on any atom is 0.344 e. The van der Waals surface area contributed by atoms with Crippen LogP contribution in [-0.4, -0.2) is 11.9 Å².